The summed E-state index contributed by atoms with van der Waals surface area (Å²) >= 11 is 5.86. The minimum absolute atomic E-state index is 0.0736. The number of pyridine rings is 1. The minimum Gasteiger partial charge on any atom is -0.357 e. The molecule has 1 N–H and O–H groups in total. The second-order valence-electron chi connectivity index (χ2n) is 6.23. The van der Waals surface area contributed by atoms with E-state index < -0.39 is 0 Å². The van der Waals surface area contributed by atoms with Gasteiger partial charge in [-0.2, -0.15) is 0 Å². The van der Waals surface area contributed by atoms with Gasteiger partial charge in [-0.1, -0.05) is 29.8 Å². The number of amides is 1. The molecule has 5 heteroatoms. The van der Waals surface area contributed by atoms with Crippen LogP contribution in [-0.2, 0) is 11.2 Å². The third-order valence-corrected chi connectivity index (χ3v) is 4.71. The first-order chi connectivity index (χ1) is 11.7. The zero-order valence-electron chi connectivity index (χ0n) is 13.6. The van der Waals surface area contributed by atoms with E-state index in [1.807, 2.05) is 48.7 Å². The summed E-state index contributed by atoms with van der Waals surface area (Å²) in [5, 5.41) is 3.76. The number of aromatic nitrogens is 1. The number of carbonyl (C=O) groups is 1. The molecular weight excluding hydrogens is 322 g/mol. The van der Waals surface area contributed by atoms with Crippen molar-refractivity contribution >= 4 is 23.3 Å². The van der Waals surface area contributed by atoms with E-state index in [0.29, 0.717) is 17.4 Å². The maximum atomic E-state index is 12.1. The highest BCUT2D eigenvalue weighted by molar-refractivity contribution is 6.30. The smallest absolute Gasteiger partial charge is 0.224 e. The van der Waals surface area contributed by atoms with Crippen molar-refractivity contribution < 1.29 is 4.79 Å². The molecule has 1 saturated heterocycles. The van der Waals surface area contributed by atoms with E-state index in [4.69, 9.17) is 11.6 Å². The Kier molecular flexibility index (Phi) is 5.70. The van der Waals surface area contributed by atoms with Crippen molar-refractivity contribution in [2.75, 3.05) is 24.5 Å². The summed E-state index contributed by atoms with van der Waals surface area (Å²) in [5.41, 5.74) is 0.988. The molecule has 1 fully saturated rings. The third-order valence-electron chi connectivity index (χ3n) is 4.45. The highest BCUT2D eigenvalue weighted by atomic mass is 35.5. The van der Waals surface area contributed by atoms with Gasteiger partial charge in [-0.25, -0.2) is 4.98 Å². The molecule has 1 aromatic heterocycles. The minimum atomic E-state index is 0.0736. The van der Waals surface area contributed by atoms with Crippen molar-refractivity contribution in [2.24, 2.45) is 5.92 Å². The number of benzene rings is 1. The van der Waals surface area contributed by atoms with Crippen molar-refractivity contribution in [1.82, 2.24) is 10.3 Å². The molecule has 0 spiro atoms. The molecule has 0 bridgehead atoms. The monoisotopic (exact) mass is 343 g/mol. The van der Waals surface area contributed by atoms with Crippen molar-refractivity contribution in [3.63, 3.8) is 0 Å². The summed E-state index contributed by atoms with van der Waals surface area (Å²) in [6.45, 7) is 2.74. The van der Waals surface area contributed by atoms with Gasteiger partial charge in [0.25, 0.3) is 0 Å². The lowest BCUT2D eigenvalue weighted by Crippen LogP contribution is -2.39. The lowest BCUT2D eigenvalue weighted by molar-refractivity contribution is -0.120. The van der Waals surface area contributed by atoms with E-state index in [-0.39, 0.29) is 5.91 Å². The topological polar surface area (TPSA) is 45.2 Å². The molecule has 1 aliphatic heterocycles. The van der Waals surface area contributed by atoms with Crippen LogP contribution in [0.15, 0.2) is 48.7 Å². The first kappa shape index (κ1) is 16.8. The molecular formula is C19H22ClN3O. The third kappa shape index (κ3) is 4.71. The van der Waals surface area contributed by atoms with Crippen LogP contribution < -0.4 is 10.2 Å². The lowest BCUT2D eigenvalue weighted by Gasteiger charge is -2.32. The Morgan fingerprint density at radius 2 is 1.92 bits per heavy atom. The van der Waals surface area contributed by atoms with Crippen molar-refractivity contribution in [3.05, 3.63) is 59.2 Å². The fourth-order valence-corrected chi connectivity index (χ4v) is 3.14. The van der Waals surface area contributed by atoms with Crippen molar-refractivity contribution in [1.29, 1.82) is 0 Å². The second kappa shape index (κ2) is 8.15. The summed E-state index contributed by atoms with van der Waals surface area (Å²) in [4.78, 5) is 18.8. The molecule has 126 valence electrons. The van der Waals surface area contributed by atoms with Crippen LogP contribution in [0.1, 0.15) is 18.4 Å². The predicted octanol–water partition coefficient (Wildman–Crippen LogP) is 3.31. The Balaban J connectivity index is 1.40. The zero-order valence-corrected chi connectivity index (χ0v) is 14.4. The van der Waals surface area contributed by atoms with E-state index >= 15 is 0 Å². The van der Waals surface area contributed by atoms with E-state index in [9.17, 15) is 4.79 Å². The summed E-state index contributed by atoms with van der Waals surface area (Å²) in [5.74, 6) is 1.66. The number of hydrogen-bond acceptors (Lipinski definition) is 3. The lowest BCUT2D eigenvalue weighted by atomic mass is 9.96. The summed E-state index contributed by atoms with van der Waals surface area (Å²) in [6, 6.07) is 13.4. The van der Waals surface area contributed by atoms with Crippen LogP contribution in [0.2, 0.25) is 5.02 Å². The molecule has 0 aliphatic carbocycles. The highest BCUT2D eigenvalue weighted by Crippen LogP contribution is 2.21. The SMILES string of the molecule is O=C(Cc1ccc(Cl)cc1)NCC1CCN(c2ccccn2)CC1. The normalized spacial score (nSPS) is 15.3. The number of rotatable bonds is 5. The molecule has 1 amide bonds. The fraction of sp³-hybridized carbons (Fsp3) is 0.368. The Morgan fingerprint density at radius 3 is 2.58 bits per heavy atom. The van der Waals surface area contributed by atoms with Gasteiger partial charge in [0.15, 0.2) is 0 Å². The molecule has 4 nitrogen and oxygen atoms in total. The number of halogens is 1. The number of carbonyl (C=O) groups excluding carboxylic acids is 1. The largest absolute Gasteiger partial charge is 0.357 e. The van der Waals surface area contributed by atoms with Gasteiger partial charge in [-0.05, 0) is 48.6 Å². The maximum Gasteiger partial charge on any atom is 0.224 e. The van der Waals surface area contributed by atoms with Gasteiger partial charge in [0.2, 0.25) is 5.91 Å². The quantitative estimate of drug-likeness (QED) is 0.906. The first-order valence-electron chi connectivity index (χ1n) is 8.38. The fourth-order valence-electron chi connectivity index (χ4n) is 3.02. The number of anilines is 1. The Bertz CT molecular complexity index is 652. The summed E-state index contributed by atoms with van der Waals surface area (Å²) < 4.78 is 0. The van der Waals surface area contributed by atoms with Gasteiger partial charge < -0.3 is 10.2 Å². The molecule has 1 aliphatic rings. The first-order valence-corrected chi connectivity index (χ1v) is 8.75. The molecule has 2 heterocycles. The summed E-state index contributed by atoms with van der Waals surface area (Å²) in [7, 11) is 0. The van der Waals surface area contributed by atoms with E-state index in [1.165, 1.54) is 0 Å². The van der Waals surface area contributed by atoms with Crippen LogP contribution in [-0.4, -0.2) is 30.5 Å². The van der Waals surface area contributed by atoms with E-state index in [2.05, 4.69) is 15.2 Å². The van der Waals surface area contributed by atoms with Gasteiger partial charge >= 0.3 is 0 Å². The Morgan fingerprint density at radius 1 is 1.17 bits per heavy atom. The average molecular weight is 344 g/mol. The molecule has 1 aromatic carbocycles. The number of piperidine rings is 1. The zero-order chi connectivity index (χ0) is 16.8. The molecule has 0 saturated carbocycles. The second-order valence-corrected chi connectivity index (χ2v) is 6.66. The predicted molar refractivity (Wildman–Crippen MR) is 97.3 cm³/mol. The van der Waals surface area contributed by atoms with Crippen LogP contribution in [0.4, 0.5) is 5.82 Å². The number of nitrogens with zero attached hydrogens (tertiary/aromatic N) is 2. The van der Waals surface area contributed by atoms with Gasteiger partial charge in [-0.3, -0.25) is 4.79 Å². The standard InChI is InChI=1S/C19H22ClN3O/c20-17-6-4-15(5-7-17)13-19(24)22-14-16-8-11-23(12-9-16)18-3-1-2-10-21-18/h1-7,10,16H,8-9,11-14H2,(H,22,24). The van der Waals surface area contributed by atoms with Crippen LogP contribution in [0.3, 0.4) is 0 Å². The molecule has 0 unspecified atom stereocenters. The van der Waals surface area contributed by atoms with Crippen LogP contribution >= 0.6 is 11.6 Å². The Hall–Kier alpha value is -2.07. The number of hydrogen-bond donors (Lipinski definition) is 1. The van der Waals surface area contributed by atoms with Gasteiger partial charge in [-0.15, -0.1) is 0 Å². The highest BCUT2D eigenvalue weighted by Gasteiger charge is 2.20. The Labute approximate surface area is 147 Å². The van der Waals surface area contributed by atoms with Gasteiger partial charge in [0.1, 0.15) is 5.82 Å². The van der Waals surface area contributed by atoms with Gasteiger partial charge in [0.05, 0.1) is 6.42 Å². The molecule has 2 aromatic rings. The van der Waals surface area contributed by atoms with Crippen LogP contribution in [0, 0.1) is 5.92 Å². The average Bonchev–Trinajstić information content (AvgIpc) is 2.63. The van der Waals surface area contributed by atoms with Crippen LogP contribution in [0.25, 0.3) is 0 Å². The van der Waals surface area contributed by atoms with Crippen molar-refractivity contribution in [2.45, 2.75) is 19.3 Å². The van der Waals surface area contributed by atoms with Gasteiger partial charge in [0, 0.05) is 30.9 Å². The van der Waals surface area contributed by atoms with Crippen molar-refractivity contribution in [3.8, 4) is 0 Å². The van der Waals surface area contributed by atoms with E-state index in [0.717, 1.165) is 43.9 Å². The summed E-state index contributed by atoms with van der Waals surface area (Å²) in [6.07, 6.45) is 4.40. The number of nitrogens with one attached hydrogen (secondary N) is 1. The molecule has 24 heavy (non-hydrogen) atoms. The maximum absolute atomic E-state index is 12.1. The molecule has 0 radical (unpaired) electrons. The molecule has 0 atom stereocenters. The van der Waals surface area contributed by atoms with Crippen LogP contribution in [0.5, 0.6) is 0 Å². The van der Waals surface area contributed by atoms with E-state index in [1.54, 1.807) is 0 Å². The molecule has 3 rings (SSSR count).